The molecule has 0 heterocycles. The van der Waals surface area contributed by atoms with Crippen LogP contribution in [0.1, 0.15) is 159 Å². The molecule has 0 bridgehead atoms. The predicted molar refractivity (Wildman–Crippen MR) is 145 cm³/mol. The van der Waals surface area contributed by atoms with Crippen molar-refractivity contribution in [2.45, 2.75) is 159 Å². The highest BCUT2D eigenvalue weighted by molar-refractivity contribution is 5.11. The van der Waals surface area contributed by atoms with E-state index in [1.54, 1.807) is 44.9 Å². The molecule has 190 valence electrons. The average molecular weight is 447 g/mol. The summed E-state index contributed by atoms with van der Waals surface area (Å²) >= 11 is 0. The molecule has 7 atom stereocenters. The topological polar surface area (TPSA) is 0 Å². The van der Waals surface area contributed by atoms with Gasteiger partial charge in [-0.25, -0.2) is 0 Å². The molecule has 0 aromatic rings. The standard InChI is InChI=1S/C27H48.C3H8.C2H6/c1-20(2)10-6-8-16-25(3)18-14-24-22-13-12-21-11-7-9-17-26(21,4)23(22)15-19-27(24,25)5;1-3-2;1-2/h20-24H,6-19H2,1-5H3;3H2,1-2H3;1-2H3. The highest BCUT2D eigenvalue weighted by atomic mass is 14.7. The SMILES string of the molecule is CC.CC(C)CCCCC1(C)CCC2C3CCC4CCCCC4(C)C3CCC21C.CCC. The van der Waals surface area contributed by atoms with Crippen LogP contribution in [0.25, 0.3) is 0 Å². The molecular formula is C32H62. The quantitative estimate of drug-likeness (QED) is 0.368. The third-order valence-corrected chi connectivity index (χ3v) is 11.1. The molecule has 32 heavy (non-hydrogen) atoms. The van der Waals surface area contributed by atoms with E-state index in [1.165, 1.54) is 51.4 Å². The Morgan fingerprint density at radius 2 is 1.41 bits per heavy atom. The van der Waals surface area contributed by atoms with Gasteiger partial charge >= 0.3 is 0 Å². The Morgan fingerprint density at radius 1 is 0.750 bits per heavy atom. The van der Waals surface area contributed by atoms with Crippen LogP contribution in [0.2, 0.25) is 0 Å². The molecule has 0 saturated heterocycles. The van der Waals surface area contributed by atoms with Gasteiger partial charge in [-0.3, -0.25) is 0 Å². The fourth-order valence-electron chi connectivity index (χ4n) is 9.14. The van der Waals surface area contributed by atoms with Crippen LogP contribution < -0.4 is 0 Å². The van der Waals surface area contributed by atoms with Crippen molar-refractivity contribution in [3.8, 4) is 0 Å². The molecule has 4 aliphatic rings. The number of fused-ring (bicyclic) bond motifs is 5. The van der Waals surface area contributed by atoms with Crippen molar-refractivity contribution in [3.05, 3.63) is 0 Å². The number of unbranched alkanes of at least 4 members (excludes halogenated alkanes) is 1. The van der Waals surface area contributed by atoms with Gasteiger partial charge in [0, 0.05) is 0 Å². The Hall–Kier alpha value is 0. The summed E-state index contributed by atoms with van der Waals surface area (Å²) in [6.45, 7) is 21.2. The summed E-state index contributed by atoms with van der Waals surface area (Å²) < 4.78 is 0. The first kappa shape index (κ1) is 28.2. The van der Waals surface area contributed by atoms with Crippen LogP contribution >= 0.6 is 0 Å². The van der Waals surface area contributed by atoms with Gasteiger partial charge in [0.05, 0.1) is 0 Å². The monoisotopic (exact) mass is 446 g/mol. The van der Waals surface area contributed by atoms with E-state index in [9.17, 15) is 0 Å². The van der Waals surface area contributed by atoms with Crippen molar-refractivity contribution in [1.82, 2.24) is 0 Å². The number of hydrogen-bond acceptors (Lipinski definition) is 0. The van der Waals surface area contributed by atoms with E-state index in [0.29, 0.717) is 16.2 Å². The summed E-state index contributed by atoms with van der Waals surface area (Å²) in [7, 11) is 0. The molecule has 0 spiro atoms. The van der Waals surface area contributed by atoms with Gasteiger partial charge in [0.1, 0.15) is 0 Å². The van der Waals surface area contributed by atoms with Crippen molar-refractivity contribution in [3.63, 3.8) is 0 Å². The van der Waals surface area contributed by atoms with Crippen molar-refractivity contribution >= 4 is 0 Å². The lowest BCUT2D eigenvalue weighted by molar-refractivity contribution is -0.124. The van der Waals surface area contributed by atoms with Crippen molar-refractivity contribution in [1.29, 1.82) is 0 Å². The Bertz CT molecular complexity index is 534. The molecular weight excluding hydrogens is 384 g/mol. The van der Waals surface area contributed by atoms with Gasteiger partial charge in [-0.15, -0.1) is 0 Å². The van der Waals surface area contributed by atoms with Gasteiger partial charge < -0.3 is 0 Å². The summed E-state index contributed by atoms with van der Waals surface area (Å²) in [5.41, 5.74) is 1.98. The van der Waals surface area contributed by atoms with Gasteiger partial charge in [0.2, 0.25) is 0 Å². The number of hydrogen-bond donors (Lipinski definition) is 0. The molecule has 4 saturated carbocycles. The minimum absolute atomic E-state index is 0.629. The molecule has 0 amide bonds. The molecule has 4 rings (SSSR count). The van der Waals surface area contributed by atoms with Crippen LogP contribution in [0, 0.1) is 45.8 Å². The lowest BCUT2D eigenvalue weighted by Gasteiger charge is -2.61. The average Bonchev–Trinajstić information content (AvgIpc) is 3.04. The third kappa shape index (κ3) is 5.46. The molecule has 0 heteroatoms. The van der Waals surface area contributed by atoms with Crippen molar-refractivity contribution < 1.29 is 0 Å². The highest BCUT2D eigenvalue weighted by Gasteiger charge is 2.62. The first-order valence-electron chi connectivity index (χ1n) is 15.2. The van der Waals surface area contributed by atoms with Gasteiger partial charge in [0.15, 0.2) is 0 Å². The first-order chi connectivity index (χ1) is 15.2. The van der Waals surface area contributed by atoms with Crippen LogP contribution in [0.4, 0.5) is 0 Å². The van der Waals surface area contributed by atoms with E-state index in [0.717, 1.165) is 29.6 Å². The van der Waals surface area contributed by atoms with E-state index >= 15 is 0 Å². The zero-order valence-electron chi connectivity index (χ0n) is 24.0. The minimum Gasteiger partial charge on any atom is -0.0683 e. The molecule has 4 fully saturated rings. The smallest absolute Gasteiger partial charge is 0.0241 e. The van der Waals surface area contributed by atoms with Crippen LogP contribution in [0.5, 0.6) is 0 Å². The Labute approximate surface area is 204 Å². The van der Waals surface area contributed by atoms with Crippen LogP contribution in [-0.4, -0.2) is 0 Å². The summed E-state index contributed by atoms with van der Waals surface area (Å²) in [5.74, 6) is 5.14. The van der Waals surface area contributed by atoms with E-state index in [2.05, 4.69) is 48.5 Å². The van der Waals surface area contributed by atoms with Gasteiger partial charge in [-0.2, -0.15) is 0 Å². The maximum atomic E-state index is 2.75. The Morgan fingerprint density at radius 3 is 2.06 bits per heavy atom. The summed E-state index contributed by atoms with van der Waals surface area (Å²) in [6.07, 6.45) is 22.6. The van der Waals surface area contributed by atoms with E-state index in [4.69, 9.17) is 0 Å². The van der Waals surface area contributed by atoms with Gasteiger partial charge in [0.25, 0.3) is 0 Å². The lowest BCUT2D eigenvalue weighted by atomic mass is 9.43. The normalized spacial score (nSPS) is 42.6. The summed E-state index contributed by atoms with van der Waals surface area (Å²) in [6, 6.07) is 0. The highest BCUT2D eigenvalue weighted by Crippen LogP contribution is 2.71. The predicted octanol–water partition coefficient (Wildman–Crippen LogP) is 11.1. The van der Waals surface area contributed by atoms with Crippen LogP contribution in [0.3, 0.4) is 0 Å². The Balaban J connectivity index is 0.000000671. The third-order valence-electron chi connectivity index (χ3n) is 11.1. The molecule has 0 radical (unpaired) electrons. The zero-order valence-corrected chi connectivity index (χ0v) is 24.0. The molecule has 0 N–H and O–H groups in total. The van der Waals surface area contributed by atoms with Crippen LogP contribution in [0.15, 0.2) is 0 Å². The van der Waals surface area contributed by atoms with Gasteiger partial charge in [-0.05, 0) is 104 Å². The van der Waals surface area contributed by atoms with Crippen molar-refractivity contribution in [2.75, 3.05) is 0 Å². The minimum atomic E-state index is 0.629. The lowest BCUT2D eigenvalue weighted by Crippen LogP contribution is -2.54. The maximum Gasteiger partial charge on any atom is -0.0241 e. The van der Waals surface area contributed by atoms with E-state index < -0.39 is 0 Å². The molecule has 0 aromatic carbocycles. The maximum absolute atomic E-state index is 2.75. The largest absolute Gasteiger partial charge is 0.0683 e. The molecule has 0 aromatic heterocycles. The number of rotatable bonds is 5. The molecule has 7 unspecified atom stereocenters. The van der Waals surface area contributed by atoms with Crippen molar-refractivity contribution in [2.24, 2.45) is 45.8 Å². The van der Waals surface area contributed by atoms with E-state index in [-0.39, 0.29) is 0 Å². The van der Waals surface area contributed by atoms with E-state index in [1.807, 2.05) is 13.8 Å². The van der Waals surface area contributed by atoms with Gasteiger partial charge in [-0.1, -0.05) is 101 Å². The summed E-state index contributed by atoms with van der Waals surface area (Å²) in [4.78, 5) is 0. The first-order valence-corrected chi connectivity index (χ1v) is 15.2. The fourth-order valence-corrected chi connectivity index (χ4v) is 9.14. The zero-order chi connectivity index (χ0) is 24.0. The molecule has 4 aliphatic carbocycles. The molecule has 0 aliphatic heterocycles. The molecule has 0 nitrogen and oxygen atoms in total. The summed E-state index contributed by atoms with van der Waals surface area (Å²) in [5, 5.41) is 0. The second kappa shape index (κ2) is 12.1. The second-order valence-electron chi connectivity index (χ2n) is 13.3. The second-order valence-corrected chi connectivity index (χ2v) is 13.3. The Kier molecular flexibility index (Phi) is 10.7. The van der Waals surface area contributed by atoms with Crippen LogP contribution in [-0.2, 0) is 0 Å². The fraction of sp³-hybridized carbons (Fsp3) is 1.00.